The predicted molar refractivity (Wildman–Crippen MR) is 56.0 cm³/mol. The lowest BCUT2D eigenvalue weighted by molar-refractivity contribution is 0.317. The highest BCUT2D eigenvalue weighted by Gasteiger charge is 2.11. The second kappa shape index (κ2) is 3.27. The Morgan fingerprint density at radius 2 is 2.20 bits per heavy atom. The molecule has 0 radical (unpaired) electrons. The molecule has 0 aliphatic heterocycles. The Hall–Kier alpha value is -2.04. The van der Waals surface area contributed by atoms with E-state index >= 15 is 0 Å². The van der Waals surface area contributed by atoms with Crippen molar-refractivity contribution in [3.8, 4) is 0 Å². The monoisotopic (exact) mass is 205 g/mol. The van der Waals surface area contributed by atoms with Gasteiger partial charge in [-0.25, -0.2) is 4.98 Å². The van der Waals surface area contributed by atoms with Gasteiger partial charge in [0.1, 0.15) is 5.52 Å². The smallest absolute Gasteiger partial charge is 0.266 e. The molecule has 0 aliphatic carbocycles. The lowest BCUT2D eigenvalue weighted by Gasteiger charge is -1.94. The van der Waals surface area contributed by atoms with E-state index in [0.717, 1.165) is 11.1 Å². The fraction of sp³-hybridized carbons (Fsp3) is 0.200. The first-order valence-electron chi connectivity index (χ1n) is 4.47. The van der Waals surface area contributed by atoms with Crippen LogP contribution >= 0.6 is 0 Å². The average Bonchev–Trinajstić information content (AvgIpc) is 2.60. The van der Waals surface area contributed by atoms with Gasteiger partial charge in [-0.2, -0.15) is 0 Å². The summed E-state index contributed by atoms with van der Waals surface area (Å²) in [5.74, 6) is 0.0180. The Morgan fingerprint density at radius 1 is 1.47 bits per heavy atom. The van der Waals surface area contributed by atoms with Crippen molar-refractivity contribution < 1.29 is 9.62 Å². The largest absolute Gasteiger partial charge is 0.433 e. The van der Waals surface area contributed by atoms with E-state index in [1.807, 2.05) is 26.0 Å². The van der Waals surface area contributed by atoms with Crippen molar-refractivity contribution >= 4 is 16.9 Å². The number of aromatic nitrogens is 1. The summed E-state index contributed by atoms with van der Waals surface area (Å²) in [6.07, 6.45) is 0. The zero-order valence-corrected chi connectivity index (χ0v) is 8.48. The summed E-state index contributed by atoms with van der Waals surface area (Å²) in [6.45, 7) is 3.90. The van der Waals surface area contributed by atoms with Crippen LogP contribution in [0.15, 0.2) is 21.7 Å². The molecule has 2 rings (SSSR count). The van der Waals surface area contributed by atoms with Crippen LogP contribution in [0.1, 0.15) is 17.0 Å². The van der Waals surface area contributed by atoms with Crippen LogP contribution in [0.5, 0.6) is 0 Å². The Bertz CT molecular complexity index is 543. The molecule has 0 bridgehead atoms. The van der Waals surface area contributed by atoms with Crippen molar-refractivity contribution in [3.63, 3.8) is 0 Å². The van der Waals surface area contributed by atoms with Crippen LogP contribution in [-0.4, -0.2) is 16.0 Å². The van der Waals surface area contributed by atoms with E-state index in [4.69, 9.17) is 15.4 Å². The van der Waals surface area contributed by atoms with Gasteiger partial charge in [0.15, 0.2) is 5.58 Å². The molecule has 0 aliphatic rings. The maximum atomic E-state index is 8.50. The minimum Gasteiger partial charge on any atom is -0.433 e. The number of fused-ring (bicyclic) bond motifs is 1. The number of nitrogens with two attached hydrogens (primary N) is 1. The van der Waals surface area contributed by atoms with Crippen molar-refractivity contribution in [1.29, 1.82) is 0 Å². The fourth-order valence-corrected chi connectivity index (χ4v) is 1.53. The Labute approximate surface area is 86.2 Å². The molecule has 1 aromatic carbocycles. The zero-order valence-electron chi connectivity index (χ0n) is 8.48. The Morgan fingerprint density at radius 3 is 2.87 bits per heavy atom. The first-order chi connectivity index (χ1) is 7.11. The third-order valence-electron chi connectivity index (χ3n) is 2.15. The van der Waals surface area contributed by atoms with Crippen molar-refractivity contribution in [2.24, 2.45) is 10.9 Å². The van der Waals surface area contributed by atoms with E-state index in [1.54, 1.807) is 0 Å². The van der Waals surface area contributed by atoms with Gasteiger partial charge >= 0.3 is 0 Å². The van der Waals surface area contributed by atoms with Crippen molar-refractivity contribution in [3.05, 3.63) is 29.2 Å². The molecule has 0 unspecified atom stereocenters. The van der Waals surface area contributed by atoms with Crippen LogP contribution in [0.4, 0.5) is 0 Å². The summed E-state index contributed by atoms with van der Waals surface area (Å²) < 4.78 is 5.38. The van der Waals surface area contributed by atoms with E-state index in [0.29, 0.717) is 11.1 Å². The first-order valence-corrected chi connectivity index (χ1v) is 4.47. The van der Waals surface area contributed by atoms with Gasteiger partial charge in [0.2, 0.25) is 5.84 Å². The first kappa shape index (κ1) is 9.51. The van der Waals surface area contributed by atoms with Crippen LogP contribution in [-0.2, 0) is 0 Å². The second-order valence-electron chi connectivity index (χ2n) is 3.43. The van der Waals surface area contributed by atoms with Crippen molar-refractivity contribution in [1.82, 2.24) is 4.98 Å². The van der Waals surface area contributed by atoms with E-state index in [-0.39, 0.29) is 11.7 Å². The molecular formula is C10H11N3O2. The molecule has 5 nitrogen and oxygen atoms in total. The van der Waals surface area contributed by atoms with E-state index in [9.17, 15) is 0 Å². The highest BCUT2D eigenvalue weighted by atomic mass is 16.4. The quantitative estimate of drug-likeness (QED) is 0.320. The van der Waals surface area contributed by atoms with Crippen LogP contribution in [0.3, 0.4) is 0 Å². The number of amidine groups is 1. The van der Waals surface area contributed by atoms with E-state index in [1.165, 1.54) is 0 Å². The Balaban J connectivity index is 2.71. The standard InChI is InChI=1S/C10H11N3O2/c1-5-3-6(2)8-7(4-5)12-10(15-8)9(11)13-14/h3-4,14H,1-2H3,(H2,11,13). The molecule has 3 N–H and O–H groups in total. The molecule has 0 saturated carbocycles. The molecule has 2 aromatic rings. The average molecular weight is 205 g/mol. The molecular weight excluding hydrogens is 194 g/mol. The number of rotatable bonds is 1. The normalized spacial score (nSPS) is 12.3. The van der Waals surface area contributed by atoms with Gasteiger partial charge in [0, 0.05) is 0 Å². The summed E-state index contributed by atoms with van der Waals surface area (Å²) >= 11 is 0. The maximum absolute atomic E-state index is 8.50. The van der Waals surface area contributed by atoms with Crippen LogP contribution in [0, 0.1) is 13.8 Å². The highest BCUT2D eigenvalue weighted by Crippen LogP contribution is 2.21. The third kappa shape index (κ3) is 1.52. The van der Waals surface area contributed by atoms with Crippen LogP contribution in [0.2, 0.25) is 0 Å². The van der Waals surface area contributed by atoms with E-state index < -0.39 is 0 Å². The molecule has 1 aromatic heterocycles. The van der Waals surface area contributed by atoms with Gasteiger partial charge in [-0.15, -0.1) is 0 Å². The van der Waals surface area contributed by atoms with Gasteiger partial charge in [0.25, 0.3) is 5.89 Å². The fourth-order valence-electron chi connectivity index (χ4n) is 1.53. The minimum absolute atomic E-state index is 0.122. The molecule has 78 valence electrons. The second-order valence-corrected chi connectivity index (χ2v) is 3.43. The van der Waals surface area contributed by atoms with Crippen LogP contribution in [0.25, 0.3) is 11.1 Å². The maximum Gasteiger partial charge on any atom is 0.266 e. The molecule has 0 spiro atoms. The molecule has 15 heavy (non-hydrogen) atoms. The van der Waals surface area contributed by atoms with Crippen molar-refractivity contribution in [2.45, 2.75) is 13.8 Å². The van der Waals surface area contributed by atoms with Crippen LogP contribution < -0.4 is 5.73 Å². The van der Waals surface area contributed by atoms with Gasteiger partial charge in [-0.05, 0) is 31.0 Å². The number of benzene rings is 1. The lowest BCUT2D eigenvalue weighted by atomic mass is 10.1. The van der Waals surface area contributed by atoms with E-state index in [2.05, 4.69) is 10.1 Å². The number of aryl methyl sites for hydroxylation is 2. The summed E-state index contributed by atoms with van der Waals surface area (Å²) in [5, 5.41) is 11.3. The molecule has 0 atom stereocenters. The summed E-state index contributed by atoms with van der Waals surface area (Å²) in [6, 6.07) is 3.88. The summed E-state index contributed by atoms with van der Waals surface area (Å²) in [5.41, 5.74) is 8.85. The third-order valence-corrected chi connectivity index (χ3v) is 2.15. The molecule has 0 fully saturated rings. The number of hydrogen-bond donors (Lipinski definition) is 2. The topological polar surface area (TPSA) is 84.6 Å². The summed E-state index contributed by atoms with van der Waals surface area (Å²) in [7, 11) is 0. The molecule has 0 amide bonds. The minimum atomic E-state index is -0.122. The zero-order chi connectivity index (χ0) is 11.0. The number of oxime groups is 1. The molecule has 5 heteroatoms. The number of nitrogens with zero attached hydrogens (tertiary/aromatic N) is 2. The van der Waals surface area contributed by atoms with Gasteiger partial charge < -0.3 is 15.4 Å². The summed E-state index contributed by atoms with van der Waals surface area (Å²) in [4.78, 5) is 4.12. The van der Waals surface area contributed by atoms with Crippen molar-refractivity contribution in [2.75, 3.05) is 0 Å². The Kier molecular flexibility index (Phi) is 2.07. The molecule has 1 heterocycles. The predicted octanol–water partition coefficient (Wildman–Crippen LogP) is 1.54. The van der Waals surface area contributed by atoms with Gasteiger partial charge in [0.05, 0.1) is 0 Å². The number of oxazole rings is 1. The van der Waals surface area contributed by atoms with Gasteiger partial charge in [-0.3, -0.25) is 0 Å². The highest BCUT2D eigenvalue weighted by molar-refractivity contribution is 5.95. The SMILES string of the molecule is Cc1cc(C)c2oc(/C(N)=N/O)nc2c1. The number of hydrogen-bond acceptors (Lipinski definition) is 4. The molecule has 0 saturated heterocycles. The van der Waals surface area contributed by atoms with Gasteiger partial charge in [-0.1, -0.05) is 11.2 Å². The lowest BCUT2D eigenvalue weighted by Crippen LogP contribution is -2.13.